The van der Waals surface area contributed by atoms with E-state index in [1.165, 1.54) is 4.90 Å². The van der Waals surface area contributed by atoms with Crippen LogP contribution in [0, 0.1) is 0 Å². The van der Waals surface area contributed by atoms with Crippen molar-refractivity contribution in [3.8, 4) is 11.3 Å². The maximum Gasteiger partial charge on any atom is 0.266 e. The molecule has 3 heterocycles. The number of para-hydroxylation sites is 2. The largest absolute Gasteiger partial charge is 0.268 e. The van der Waals surface area contributed by atoms with Crippen molar-refractivity contribution in [3.63, 3.8) is 0 Å². The number of carbonyl (C=O) groups is 2. The first-order valence-electron chi connectivity index (χ1n) is 11.8. The van der Waals surface area contributed by atoms with Crippen LogP contribution in [-0.2, 0) is 0 Å². The molecule has 37 heavy (non-hydrogen) atoms. The summed E-state index contributed by atoms with van der Waals surface area (Å²) in [5.74, 6) is -0.899. The quantitative estimate of drug-likeness (QED) is 0.276. The zero-order valence-electron chi connectivity index (χ0n) is 19.7. The van der Waals surface area contributed by atoms with Gasteiger partial charge >= 0.3 is 0 Å². The lowest BCUT2D eigenvalue weighted by Crippen LogP contribution is -2.37. The highest BCUT2D eigenvalue weighted by atomic mass is 16.2. The highest BCUT2D eigenvalue weighted by Gasteiger charge is 2.29. The minimum absolute atomic E-state index is 0.385. The van der Waals surface area contributed by atoms with Crippen LogP contribution in [0.25, 0.3) is 33.1 Å². The van der Waals surface area contributed by atoms with Crippen LogP contribution in [0.1, 0.15) is 20.7 Å². The summed E-state index contributed by atoms with van der Waals surface area (Å²) in [6, 6.07) is 31.2. The first-order chi connectivity index (χ1) is 18.2. The average Bonchev–Trinajstić information content (AvgIpc) is 2.97. The van der Waals surface area contributed by atoms with Crippen molar-refractivity contribution in [2.24, 2.45) is 0 Å². The molecule has 0 aliphatic rings. The lowest BCUT2D eigenvalue weighted by atomic mass is 10.0. The lowest BCUT2D eigenvalue weighted by molar-refractivity contribution is 0.0899. The molecule has 3 aromatic heterocycles. The molecule has 3 aromatic carbocycles. The van der Waals surface area contributed by atoms with Crippen LogP contribution in [-0.4, -0.2) is 26.8 Å². The molecule has 0 saturated heterocycles. The number of aromatic nitrogens is 3. The van der Waals surface area contributed by atoms with Crippen molar-refractivity contribution in [1.29, 1.82) is 0 Å². The number of rotatable bonds is 4. The van der Waals surface area contributed by atoms with Gasteiger partial charge in [-0.3, -0.25) is 24.5 Å². The van der Waals surface area contributed by atoms with E-state index in [9.17, 15) is 9.59 Å². The molecule has 0 atom stereocenters. The third-order valence-corrected chi connectivity index (χ3v) is 6.24. The van der Waals surface area contributed by atoms with Crippen LogP contribution in [0.15, 0.2) is 122 Å². The van der Waals surface area contributed by atoms with Gasteiger partial charge in [0.05, 0.1) is 33.5 Å². The molecule has 6 nitrogen and oxygen atoms in total. The Hall–Kier alpha value is -5.23. The van der Waals surface area contributed by atoms with Crippen LogP contribution in [0.3, 0.4) is 0 Å². The molecule has 0 unspecified atom stereocenters. The number of pyridine rings is 3. The molecular weight excluding hydrogens is 460 g/mol. The van der Waals surface area contributed by atoms with Crippen molar-refractivity contribution in [1.82, 2.24) is 15.0 Å². The van der Waals surface area contributed by atoms with E-state index in [2.05, 4.69) is 15.0 Å². The van der Waals surface area contributed by atoms with Crippen molar-refractivity contribution in [2.75, 3.05) is 4.90 Å². The Morgan fingerprint density at radius 1 is 0.541 bits per heavy atom. The molecule has 0 aliphatic heterocycles. The van der Waals surface area contributed by atoms with Gasteiger partial charge in [0.15, 0.2) is 0 Å². The Morgan fingerprint density at radius 2 is 1.05 bits per heavy atom. The standard InChI is InChI=1S/C31H20N4O2/c36-30(25-15-18-32-27-12-6-4-10-23(25)27)35(22-14-17-34-29(20-22)21-8-2-1-3-9-21)31(37)26-16-19-33-28-13-7-5-11-24(26)28/h1-20H. The molecule has 0 saturated carbocycles. The van der Waals surface area contributed by atoms with Gasteiger partial charge in [0.25, 0.3) is 11.8 Å². The number of amides is 2. The number of benzene rings is 3. The fourth-order valence-electron chi connectivity index (χ4n) is 4.46. The molecular formula is C31H20N4O2. The molecule has 0 N–H and O–H groups in total. The van der Waals surface area contributed by atoms with Gasteiger partial charge in [0, 0.05) is 34.9 Å². The second-order valence-electron chi connectivity index (χ2n) is 8.46. The Kier molecular flexibility index (Phi) is 5.67. The summed E-state index contributed by atoms with van der Waals surface area (Å²) < 4.78 is 0. The zero-order valence-corrected chi connectivity index (χ0v) is 19.7. The minimum atomic E-state index is -0.449. The summed E-state index contributed by atoms with van der Waals surface area (Å²) in [5, 5.41) is 1.34. The van der Waals surface area contributed by atoms with E-state index >= 15 is 0 Å². The molecule has 176 valence electrons. The Balaban J connectivity index is 1.55. The molecule has 0 bridgehead atoms. The van der Waals surface area contributed by atoms with Crippen molar-refractivity contribution in [2.45, 2.75) is 0 Å². The fraction of sp³-hybridized carbons (Fsp3) is 0. The number of carbonyl (C=O) groups excluding carboxylic acids is 2. The van der Waals surface area contributed by atoms with Gasteiger partial charge in [-0.2, -0.15) is 0 Å². The molecule has 2 amide bonds. The van der Waals surface area contributed by atoms with E-state index in [0.717, 1.165) is 5.56 Å². The van der Waals surface area contributed by atoms with Crippen molar-refractivity contribution < 1.29 is 9.59 Å². The van der Waals surface area contributed by atoms with E-state index in [1.54, 1.807) is 42.9 Å². The predicted molar refractivity (Wildman–Crippen MR) is 144 cm³/mol. The average molecular weight is 481 g/mol. The summed E-state index contributed by atoms with van der Waals surface area (Å²) in [4.78, 5) is 42.9. The molecule has 6 aromatic rings. The zero-order chi connectivity index (χ0) is 25.2. The Morgan fingerprint density at radius 3 is 1.65 bits per heavy atom. The maximum atomic E-state index is 14.2. The van der Waals surface area contributed by atoms with E-state index in [4.69, 9.17) is 0 Å². The summed E-state index contributed by atoms with van der Waals surface area (Å²) in [6.45, 7) is 0. The topological polar surface area (TPSA) is 76.1 Å². The highest BCUT2D eigenvalue weighted by Crippen LogP contribution is 2.28. The molecule has 0 spiro atoms. The summed E-state index contributed by atoms with van der Waals surface area (Å²) in [6.07, 6.45) is 4.78. The maximum absolute atomic E-state index is 14.2. The first kappa shape index (κ1) is 22.2. The van der Waals surface area contributed by atoms with Crippen molar-refractivity contribution >= 4 is 39.3 Å². The third kappa shape index (κ3) is 4.10. The summed E-state index contributed by atoms with van der Waals surface area (Å²) in [5.41, 5.74) is 4.08. The van der Waals surface area contributed by atoms with Crippen LogP contribution in [0.4, 0.5) is 5.69 Å². The molecule has 0 fully saturated rings. The number of nitrogens with zero attached hydrogens (tertiary/aromatic N) is 4. The second kappa shape index (κ2) is 9.43. The summed E-state index contributed by atoms with van der Waals surface area (Å²) >= 11 is 0. The van der Waals surface area contributed by atoms with Crippen LogP contribution in [0.5, 0.6) is 0 Å². The monoisotopic (exact) mass is 480 g/mol. The van der Waals surface area contributed by atoms with Gasteiger partial charge in [0.2, 0.25) is 0 Å². The van der Waals surface area contributed by atoms with Crippen LogP contribution < -0.4 is 4.90 Å². The number of fused-ring (bicyclic) bond motifs is 2. The summed E-state index contributed by atoms with van der Waals surface area (Å²) in [7, 11) is 0. The van der Waals surface area contributed by atoms with E-state index in [0.29, 0.717) is 44.3 Å². The predicted octanol–water partition coefficient (Wildman–Crippen LogP) is 6.33. The SMILES string of the molecule is O=C(c1ccnc2ccccc12)N(C(=O)c1ccnc2ccccc12)c1ccnc(-c2ccccc2)c1. The number of anilines is 1. The number of hydrogen-bond acceptors (Lipinski definition) is 5. The van der Waals surface area contributed by atoms with Crippen LogP contribution >= 0.6 is 0 Å². The first-order valence-corrected chi connectivity index (χ1v) is 11.8. The molecule has 0 radical (unpaired) electrons. The second-order valence-corrected chi connectivity index (χ2v) is 8.46. The Bertz CT molecular complexity index is 1680. The molecule has 0 aliphatic carbocycles. The highest BCUT2D eigenvalue weighted by molar-refractivity contribution is 6.30. The molecule has 6 heteroatoms. The fourth-order valence-corrected chi connectivity index (χ4v) is 4.46. The Labute approximate surface area is 212 Å². The minimum Gasteiger partial charge on any atom is -0.268 e. The lowest BCUT2D eigenvalue weighted by Gasteiger charge is -2.23. The van der Waals surface area contributed by atoms with E-state index < -0.39 is 11.8 Å². The van der Waals surface area contributed by atoms with Gasteiger partial charge in [-0.1, -0.05) is 66.7 Å². The number of hydrogen-bond donors (Lipinski definition) is 0. The van der Waals surface area contributed by atoms with Crippen molar-refractivity contribution in [3.05, 3.63) is 133 Å². The van der Waals surface area contributed by atoms with Crippen LogP contribution in [0.2, 0.25) is 0 Å². The van der Waals surface area contributed by atoms with E-state index in [1.807, 2.05) is 78.9 Å². The van der Waals surface area contributed by atoms with Gasteiger partial charge in [-0.05, 0) is 36.4 Å². The van der Waals surface area contributed by atoms with Gasteiger partial charge < -0.3 is 0 Å². The smallest absolute Gasteiger partial charge is 0.266 e. The number of imide groups is 1. The van der Waals surface area contributed by atoms with Gasteiger partial charge in [-0.15, -0.1) is 0 Å². The third-order valence-electron chi connectivity index (χ3n) is 6.24. The van der Waals surface area contributed by atoms with Gasteiger partial charge in [0.1, 0.15) is 0 Å². The van der Waals surface area contributed by atoms with Gasteiger partial charge in [-0.25, -0.2) is 4.90 Å². The van der Waals surface area contributed by atoms with E-state index in [-0.39, 0.29) is 0 Å². The normalized spacial score (nSPS) is 10.9. The molecule has 6 rings (SSSR count).